The molecule has 0 aliphatic carbocycles. The van der Waals surface area contributed by atoms with Gasteiger partial charge >= 0.3 is 0 Å². The summed E-state index contributed by atoms with van der Waals surface area (Å²) in [6.07, 6.45) is 7.48. The van der Waals surface area contributed by atoms with Crippen LogP contribution in [0.1, 0.15) is 23.6 Å². The van der Waals surface area contributed by atoms with Crippen molar-refractivity contribution in [2.24, 2.45) is 0 Å². The van der Waals surface area contributed by atoms with Crippen LogP contribution in [0, 0.1) is 6.92 Å². The average Bonchev–Trinajstić information content (AvgIpc) is 2.33. The SMILES string of the molecule is C=C(O)c1ccc(C(/C=C/F)=C/C=C/C)cc1C. The van der Waals surface area contributed by atoms with Crippen molar-refractivity contribution in [2.75, 3.05) is 0 Å². The number of aliphatic hydroxyl groups excluding tert-OH is 1. The Morgan fingerprint density at radius 3 is 2.61 bits per heavy atom. The fourth-order valence-electron chi connectivity index (χ4n) is 1.68. The standard InChI is InChI=1S/C16H17FO/c1-4-5-6-14(9-10-17)15-7-8-16(13(3)18)12(2)11-15/h4-11,18H,3H2,1-2H3/b5-4+,10-9+,14-6+. The Morgan fingerprint density at radius 2 is 2.11 bits per heavy atom. The van der Waals surface area contributed by atoms with Gasteiger partial charge in [-0.25, -0.2) is 4.39 Å². The average molecular weight is 244 g/mol. The molecule has 1 nitrogen and oxygen atoms in total. The summed E-state index contributed by atoms with van der Waals surface area (Å²) in [5.41, 5.74) is 3.27. The van der Waals surface area contributed by atoms with Crippen LogP contribution in [0.25, 0.3) is 11.3 Å². The van der Waals surface area contributed by atoms with Crippen molar-refractivity contribution in [1.82, 2.24) is 0 Å². The van der Waals surface area contributed by atoms with Crippen LogP contribution in [-0.4, -0.2) is 5.11 Å². The van der Waals surface area contributed by atoms with E-state index in [1.807, 2.05) is 44.2 Å². The third-order valence-corrected chi connectivity index (χ3v) is 2.58. The summed E-state index contributed by atoms with van der Waals surface area (Å²) >= 11 is 0. The molecule has 0 aliphatic heterocycles. The van der Waals surface area contributed by atoms with Gasteiger partial charge in [0.2, 0.25) is 0 Å². The number of hydrogen-bond donors (Lipinski definition) is 1. The first kappa shape index (κ1) is 14.0. The molecule has 1 N–H and O–H groups in total. The number of rotatable bonds is 4. The summed E-state index contributed by atoms with van der Waals surface area (Å²) in [5, 5.41) is 9.38. The fraction of sp³-hybridized carbons (Fsp3) is 0.125. The molecule has 0 heterocycles. The zero-order valence-electron chi connectivity index (χ0n) is 10.7. The third-order valence-electron chi connectivity index (χ3n) is 2.58. The maximum absolute atomic E-state index is 12.4. The van der Waals surface area contributed by atoms with Gasteiger partial charge in [-0.05, 0) is 36.6 Å². The molecule has 0 fully saturated rings. The number of halogens is 1. The molecule has 2 heteroatoms. The highest BCUT2D eigenvalue weighted by molar-refractivity contribution is 5.76. The van der Waals surface area contributed by atoms with Crippen molar-refractivity contribution in [3.8, 4) is 0 Å². The number of hydrogen-bond acceptors (Lipinski definition) is 1. The molecule has 0 aromatic heterocycles. The topological polar surface area (TPSA) is 20.2 Å². The smallest absolute Gasteiger partial charge is 0.115 e. The van der Waals surface area contributed by atoms with Gasteiger partial charge in [0, 0.05) is 5.56 Å². The van der Waals surface area contributed by atoms with Crippen LogP contribution in [0.4, 0.5) is 4.39 Å². The van der Waals surface area contributed by atoms with Crippen molar-refractivity contribution in [2.45, 2.75) is 13.8 Å². The molecule has 0 unspecified atom stereocenters. The van der Waals surface area contributed by atoms with Crippen LogP contribution < -0.4 is 0 Å². The maximum Gasteiger partial charge on any atom is 0.115 e. The Labute approximate surface area is 107 Å². The van der Waals surface area contributed by atoms with Gasteiger partial charge < -0.3 is 5.11 Å². The molecule has 1 rings (SSSR count). The number of aliphatic hydroxyl groups is 1. The Morgan fingerprint density at radius 1 is 1.39 bits per heavy atom. The van der Waals surface area contributed by atoms with Crippen LogP contribution in [0.15, 0.2) is 55.4 Å². The zero-order chi connectivity index (χ0) is 13.5. The predicted octanol–water partition coefficient (Wildman–Crippen LogP) is 4.97. The first-order valence-electron chi connectivity index (χ1n) is 5.69. The van der Waals surface area contributed by atoms with Gasteiger partial charge in [0.15, 0.2) is 0 Å². The lowest BCUT2D eigenvalue weighted by molar-refractivity contribution is 0.513. The van der Waals surface area contributed by atoms with Gasteiger partial charge in [-0.15, -0.1) is 0 Å². The van der Waals surface area contributed by atoms with Crippen molar-refractivity contribution in [1.29, 1.82) is 0 Å². The van der Waals surface area contributed by atoms with E-state index in [1.54, 1.807) is 6.07 Å². The van der Waals surface area contributed by atoms with E-state index in [2.05, 4.69) is 6.58 Å². The normalized spacial score (nSPS) is 12.5. The lowest BCUT2D eigenvalue weighted by atomic mass is 9.99. The van der Waals surface area contributed by atoms with Crippen LogP contribution in [0.3, 0.4) is 0 Å². The van der Waals surface area contributed by atoms with E-state index in [0.717, 1.165) is 16.7 Å². The van der Waals surface area contributed by atoms with Gasteiger partial charge in [-0.1, -0.05) is 43.0 Å². The molecule has 0 amide bonds. The molecule has 1 aromatic rings. The van der Waals surface area contributed by atoms with E-state index in [1.165, 1.54) is 6.08 Å². The van der Waals surface area contributed by atoms with Crippen LogP contribution in [-0.2, 0) is 0 Å². The summed E-state index contributed by atoms with van der Waals surface area (Å²) in [6, 6.07) is 5.51. The number of allylic oxidation sites excluding steroid dienone is 5. The largest absolute Gasteiger partial charge is 0.508 e. The second-order valence-electron chi connectivity index (χ2n) is 3.92. The molecular formula is C16H17FO. The minimum Gasteiger partial charge on any atom is -0.508 e. The third kappa shape index (κ3) is 3.45. The number of benzene rings is 1. The molecule has 0 saturated heterocycles. The second-order valence-corrected chi connectivity index (χ2v) is 3.92. The zero-order valence-corrected chi connectivity index (χ0v) is 10.7. The maximum atomic E-state index is 12.4. The molecule has 0 radical (unpaired) electrons. The first-order chi connectivity index (χ1) is 8.60. The van der Waals surface area contributed by atoms with E-state index < -0.39 is 0 Å². The molecule has 0 aliphatic rings. The minimum atomic E-state index is 0.0408. The molecule has 1 aromatic carbocycles. The predicted molar refractivity (Wildman–Crippen MR) is 75.9 cm³/mol. The van der Waals surface area contributed by atoms with Gasteiger partial charge in [0.05, 0.1) is 6.33 Å². The summed E-state index contributed by atoms with van der Waals surface area (Å²) in [4.78, 5) is 0. The summed E-state index contributed by atoms with van der Waals surface area (Å²) in [5.74, 6) is 0.0408. The first-order valence-corrected chi connectivity index (χ1v) is 5.69. The summed E-state index contributed by atoms with van der Waals surface area (Å²) < 4.78 is 12.4. The monoisotopic (exact) mass is 244 g/mol. The summed E-state index contributed by atoms with van der Waals surface area (Å²) in [6.45, 7) is 7.28. The van der Waals surface area contributed by atoms with Crippen LogP contribution in [0.2, 0.25) is 0 Å². The van der Waals surface area contributed by atoms with Crippen LogP contribution >= 0.6 is 0 Å². The second kappa shape index (κ2) is 6.60. The molecule has 94 valence electrons. The fourth-order valence-corrected chi connectivity index (χ4v) is 1.68. The Hall–Kier alpha value is -2.09. The van der Waals surface area contributed by atoms with Crippen molar-refractivity contribution >= 4 is 11.3 Å². The lowest BCUT2D eigenvalue weighted by Crippen LogP contribution is -1.90. The van der Waals surface area contributed by atoms with Crippen molar-refractivity contribution in [3.63, 3.8) is 0 Å². The molecule has 18 heavy (non-hydrogen) atoms. The van der Waals surface area contributed by atoms with E-state index >= 15 is 0 Å². The van der Waals surface area contributed by atoms with E-state index in [4.69, 9.17) is 0 Å². The molecular weight excluding hydrogens is 227 g/mol. The molecule has 0 bridgehead atoms. The Bertz CT molecular complexity index is 522. The quantitative estimate of drug-likeness (QED) is 0.586. The Balaban J connectivity index is 3.23. The van der Waals surface area contributed by atoms with Gasteiger partial charge in [-0.3, -0.25) is 0 Å². The van der Waals surface area contributed by atoms with E-state index in [-0.39, 0.29) is 5.76 Å². The number of aryl methyl sites for hydroxylation is 1. The minimum absolute atomic E-state index is 0.0408. The van der Waals surface area contributed by atoms with E-state index in [9.17, 15) is 9.50 Å². The van der Waals surface area contributed by atoms with Crippen molar-refractivity contribution < 1.29 is 9.50 Å². The van der Waals surface area contributed by atoms with Crippen molar-refractivity contribution in [3.05, 3.63) is 72.1 Å². The highest BCUT2D eigenvalue weighted by atomic mass is 19.1. The molecule has 0 saturated carbocycles. The summed E-state index contributed by atoms with van der Waals surface area (Å²) in [7, 11) is 0. The van der Waals surface area contributed by atoms with Gasteiger partial charge in [0.1, 0.15) is 5.76 Å². The molecule has 0 atom stereocenters. The Kier molecular flexibility index (Phi) is 5.12. The molecule has 0 spiro atoms. The lowest BCUT2D eigenvalue weighted by Gasteiger charge is -2.08. The highest BCUT2D eigenvalue weighted by Crippen LogP contribution is 2.22. The highest BCUT2D eigenvalue weighted by Gasteiger charge is 2.04. The van der Waals surface area contributed by atoms with Gasteiger partial charge in [0.25, 0.3) is 0 Å². The van der Waals surface area contributed by atoms with Crippen LogP contribution in [0.5, 0.6) is 0 Å². The van der Waals surface area contributed by atoms with Gasteiger partial charge in [-0.2, -0.15) is 0 Å². The van der Waals surface area contributed by atoms with E-state index in [0.29, 0.717) is 11.9 Å².